The molecule has 2 aliphatic rings. The fourth-order valence-corrected chi connectivity index (χ4v) is 10.8. The predicted octanol–water partition coefficient (Wildman–Crippen LogP) is 16.4. The van der Waals surface area contributed by atoms with E-state index in [0.717, 1.165) is 77.9 Å². The van der Waals surface area contributed by atoms with Gasteiger partial charge in [-0.2, -0.15) is 0 Å². The molecular weight excluding hydrogens is 881 g/mol. The van der Waals surface area contributed by atoms with Gasteiger partial charge in [0.05, 0.1) is 33.9 Å². The van der Waals surface area contributed by atoms with E-state index < -0.39 is 0 Å². The Kier molecular flexibility index (Phi) is 10.9. The lowest BCUT2D eigenvalue weighted by molar-refractivity contribution is -0.115. The van der Waals surface area contributed by atoms with Crippen LogP contribution in [0, 0.1) is 27.7 Å². The lowest BCUT2D eigenvalue weighted by atomic mass is 10.0. The number of hydrogen-bond donors (Lipinski definition) is 0. The molecule has 10 aromatic carbocycles. The number of para-hydroxylation sites is 2. The van der Waals surface area contributed by atoms with Crippen LogP contribution in [0.15, 0.2) is 242 Å². The van der Waals surface area contributed by atoms with Crippen LogP contribution in [0.1, 0.15) is 33.4 Å². The summed E-state index contributed by atoms with van der Waals surface area (Å²) in [6, 6.07) is 78.6. The number of aryl methyl sites for hydroxylation is 4. The Bertz CT molecular complexity index is 3580. The molecule has 2 amide bonds. The quantitative estimate of drug-likeness (QED) is 0.137. The van der Waals surface area contributed by atoms with Gasteiger partial charge in [0.25, 0.3) is 11.8 Å². The van der Waals surface area contributed by atoms with E-state index in [1.54, 1.807) is 9.80 Å². The van der Waals surface area contributed by atoms with Crippen molar-refractivity contribution < 1.29 is 9.59 Å². The minimum atomic E-state index is -0.266. The minimum absolute atomic E-state index is 0.266. The third-order valence-corrected chi connectivity index (χ3v) is 14.0. The molecule has 0 spiro atoms. The summed E-state index contributed by atoms with van der Waals surface area (Å²) in [5, 5.41) is 3.80. The van der Waals surface area contributed by atoms with E-state index >= 15 is 9.59 Å². The molecule has 0 fully saturated rings. The van der Waals surface area contributed by atoms with Crippen LogP contribution in [0.2, 0.25) is 0 Å². The number of benzene rings is 10. The summed E-state index contributed by atoms with van der Waals surface area (Å²) >= 11 is 0. The number of carbonyl (C=O) groups excluding carboxylic acids is 2. The highest BCUT2D eigenvalue weighted by molar-refractivity contribution is 6.42. The van der Waals surface area contributed by atoms with Gasteiger partial charge in [-0.1, -0.05) is 169 Å². The van der Waals surface area contributed by atoms with Crippen molar-refractivity contribution in [3.63, 3.8) is 0 Å². The number of carbonyl (C=O) groups is 2. The van der Waals surface area contributed by atoms with Gasteiger partial charge in [0.2, 0.25) is 0 Å². The summed E-state index contributed by atoms with van der Waals surface area (Å²) in [5.41, 5.74) is 15.5. The van der Waals surface area contributed by atoms with E-state index in [9.17, 15) is 0 Å². The summed E-state index contributed by atoms with van der Waals surface area (Å²) < 4.78 is 0. The van der Waals surface area contributed by atoms with Gasteiger partial charge < -0.3 is 9.80 Å². The van der Waals surface area contributed by atoms with Crippen molar-refractivity contribution in [1.82, 2.24) is 0 Å². The van der Waals surface area contributed by atoms with Crippen LogP contribution < -0.4 is 19.6 Å². The van der Waals surface area contributed by atoms with Gasteiger partial charge in [-0.05, 0) is 134 Å². The van der Waals surface area contributed by atoms with Gasteiger partial charge in [-0.3, -0.25) is 19.4 Å². The lowest BCUT2D eigenvalue weighted by Gasteiger charge is -2.29. The molecule has 0 unspecified atom stereocenters. The van der Waals surface area contributed by atoms with Gasteiger partial charge in [-0.25, -0.2) is 0 Å². The highest BCUT2D eigenvalue weighted by Crippen LogP contribution is 2.52. The third-order valence-electron chi connectivity index (χ3n) is 14.0. The molecule has 0 aliphatic carbocycles. The number of nitrogens with zero attached hydrogens (tertiary/aromatic N) is 4. The van der Waals surface area contributed by atoms with Gasteiger partial charge in [0.1, 0.15) is 0 Å². The second-order valence-corrected chi connectivity index (χ2v) is 18.7. The van der Waals surface area contributed by atoms with Crippen LogP contribution in [-0.2, 0) is 9.59 Å². The second-order valence-electron chi connectivity index (χ2n) is 18.7. The van der Waals surface area contributed by atoms with Crippen molar-refractivity contribution in [3.8, 4) is 0 Å². The Morgan fingerprint density at radius 1 is 0.333 bits per heavy atom. The number of hydrogen-bond acceptors (Lipinski definition) is 4. The summed E-state index contributed by atoms with van der Waals surface area (Å²) in [6.45, 7) is 8.50. The molecule has 0 N–H and O–H groups in total. The molecule has 12 rings (SSSR count). The maximum Gasteiger partial charge on any atom is 0.265 e. The largest absolute Gasteiger partial charge is 0.310 e. The molecule has 10 aromatic rings. The van der Waals surface area contributed by atoms with Crippen LogP contribution in [0.5, 0.6) is 0 Å². The van der Waals surface area contributed by atoms with Gasteiger partial charge in [-0.15, -0.1) is 0 Å². The standard InChI is InChI=1S/C66H50N4O2/c1-43-29-39-57(45(3)41-43)67(51-21-7-5-8-22-51)53-35-31-49(32-36-53)63-61-62(66(72)69(63)59-27-15-19-47-17-11-13-25-55(47)59)64(70(65(61)71)60-28-16-20-48-18-12-14-26-56(48)60)50-33-37-54(38-34-50)68(52-23-9-6-10-24-52)58-40-30-44(2)42-46(58)4/h5-42H,1-4H3. The first-order valence-corrected chi connectivity index (χ1v) is 24.4. The van der Waals surface area contributed by atoms with Crippen LogP contribution in [0.4, 0.5) is 45.5 Å². The van der Waals surface area contributed by atoms with Gasteiger partial charge in [0.15, 0.2) is 0 Å². The van der Waals surface area contributed by atoms with Crippen LogP contribution in [0.25, 0.3) is 32.9 Å². The zero-order chi connectivity index (χ0) is 49.0. The second kappa shape index (κ2) is 17.9. The lowest BCUT2D eigenvalue weighted by Crippen LogP contribution is -2.30. The zero-order valence-electron chi connectivity index (χ0n) is 40.5. The molecule has 346 valence electrons. The molecule has 0 saturated carbocycles. The first-order chi connectivity index (χ1) is 35.2. The molecule has 0 aromatic heterocycles. The van der Waals surface area contributed by atoms with Crippen LogP contribution in [0.3, 0.4) is 0 Å². The fraction of sp³-hybridized carbons (Fsp3) is 0.0606. The Balaban J connectivity index is 1.09. The van der Waals surface area contributed by atoms with Gasteiger partial charge >= 0.3 is 0 Å². The summed E-state index contributed by atoms with van der Waals surface area (Å²) in [4.78, 5) is 40.2. The van der Waals surface area contributed by atoms with Crippen molar-refractivity contribution in [2.75, 3.05) is 19.6 Å². The Morgan fingerprint density at radius 3 is 1.07 bits per heavy atom. The molecule has 0 saturated heterocycles. The van der Waals surface area contributed by atoms with Crippen molar-refractivity contribution in [1.29, 1.82) is 0 Å². The van der Waals surface area contributed by atoms with E-state index in [4.69, 9.17) is 0 Å². The fourth-order valence-electron chi connectivity index (χ4n) is 10.8. The zero-order valence-corrected chi connectivity index (χ0v) is 40.5. The first kappa shape index (κ1) is 44.0. The normalized spacial score (nSPS) is 13.4. The number of fused-ring (bicyclic) bond motifs is 3. The molecule has 2 heterocycles. The summed E-state index contributed by atoms with van der Waals surface area (Å²) in [5.74, 6) is -0.532. The SMILES string of the molecule is Cc1ccc(N(c2ccccc2)c2ccc(C3=C4C(=O)N(c5cccc6ccccc56)C(c5ccc(N(c6ccccc6)c6ccc(C)cc6C)cc5)=C4C(=O)N3c3cccc4ccccc34)cc2)c(C)c1. The van der Waals surface area contributed by atoms with E-state index in [0.29, 0.717) is 33.9 Å². The Hall–Kier alpha value is -9.26. The molecule has 72 heavy (non-hydrogen) atoms. The van der Waals surface area contributed by atoms with E-state index in [1.807, 2.05) is 72.8 Å². The topological polar surface area (TPSA) is 47.1 Å². The molecule has 0 atom stereocenters. The van der Waals surface area contributed by atoms with Gasteiger partial charge in [0, 0.05) is 44.9 Å². The van der Waals surface area contributed by atoms with E-state index in [1.165, 1.54) is 11.1 Å². The molecule has 0 radical (unpaired) electrons. The molecule has 6 nitrogen and oxygen atoms in total. The van der Waals surface area contributed by atoms with Crippen molar-refractivity contribution >= 4 is 90.3 Å². The summed E-state index contributed by atoms with van der Waals surface area (Å²) in [6.07, 6.45) is 0. The third kappa shape index (κ3) is 7.44. The molecule has 0 bridgehead atoms. The number of anilines is 8. The van der Waals surface area contributed by atoms with Crippen molar-refractivity contribution in [3.05, 3.63) is 275 Å². The number of rotatable bonds is 10. The highest BCUT2D eigenvalue weighted by Gasteiger charge is 2.50. The maximum atomic E-state index is 16.0. The van der Waals surface area contributed by atoms with Crippen LogP contribution in [-0.4, -0.2) is 11.8 Å². The van der Waals surface area contributed by atoms with Crippen molar-refractivity contribution in [2.45, 2.75) is 27.7 Å². The number of amides is 2. The molecular formula is C66H50N4O2. The molecule has 6 heteroatoms. The maximum absolute atomic E-state index is 16.0. The minimum Gasteiger partial charge on any atom is -0.310 e. The predicted molar refractivity (Wildman–Crippen MR) is 298 cm³/mol. The molecule has 2 aliphatic heterocycles. The van der Waals surface area contributed by atoms with E-state index in [2.05, 4.69) is 195 Å². The first-order valence-electron chi connectivity index (χ1n) is 24.4. The Morgan fingerprint density at radius 2 is 0.681 bits per heavy atom. The van der Waals surface area contributed by atoms with Crippen LogP contribution >= 0.6 is 0 Å². The summed E-state index contributed by atoms with van der Waals surface area (Å²) in [7, 11) is 0. The smallest absolute Gasteiger partial charge is 0.265 e. The average Bonchev–Trinajstić information content (AvgIpc) is 3.88. The Labute approximate surface area is 420 Å². The highest BCUT2D eigenvalue weighted by atomic mass is 16.2. The van der Waals surface area contributed by atoms with Crippen molar-refractivity contribution in [2.24, 2.45) is 0 Å². The van der Waals surface area contributed by atoms with E-state index in [-0.39, 0.29) is 11.8 Å². The monoisotopic (exact) mass is 930 g/mol. The average molecular weight is 931 g/mol.